The van der Waals surface area contributed by atoms with Crippen molar-refractivity contribution in [3.05, 3.63) is 41.7 Å². The van der Waals surface area contributed by atoms with Crippen molar-refractivity contribution in [2.45, 2.75) is 26.0 Å². The van der Waals surface area contributed by atoms with Gasteiger partial charge in [0.05, 0.1) is 24.2 Å². The van der Waals surface area contributed by atoms with E-state index in [0.29, 0.717) is 6.61 Å². The number of H-pyrrole nitrogens is 1. The third kappa shape index (κ3) is 2.81. The first-order chi connectivity index (χ1) is 11.7. The van der Waals surface area contributed by atoms with E-state index < -0.39 is 0 Å². The molecule has 0 radical (unpaired) electrons. The molecule has 4 rings (SSSR count). The first-order valence-electron chi connectivity index (χ1n) is 8.40. The zero-order valence-corrected chi connectivity index (χ0v) is 14.1. The highest BCUT2D eigenvalue weighted by atomic mass is 16.5. The highest BCUT2D eigenvalue weighted by molar-refractivity contribution is 5.75. The first kappa shape index (κ1) is 15.3. The summed E-state index contributed by atoms with van der Waals surface area (Å²) < 4.78 is 8.03. The lowest BCUT2D eigenvalue weighted by molar-refractivity contribution is -0.0379. The SMILES string of the molecule is CCc1nc([C@@H]2CN(Cc3nc4ccccc4n3C)CCO2)n[nH]1. The molecular weight excluding hydrogens is 304 g/mol. The molecule has 1 aliphatic rings. The van der Waals surface area contributed by atoms with Crippen LogP contribution in [0.25, 0.3) is 11.0 Å². The van der Waals surface area contributed by atoms with Crippen LogP contribution in [0.4, 0.5) is 0 Å². The molecule has 1 N–H and O–H groups in total. The van der Waals surface area contributed by atoms with E-state index in [4.69, 9.17) is 9.72 Å². The molecule has 7 heteroatoms. The number of hydrogen-bond acceptors (Lipinski definition) is 5. The zero-order chi connectivity index (χ0) is 16.5. The number of aromatic nitrogens is 5. The Labute approximate surface area is 140 Å². The third-order valence-corrected chi connectivity index (χ3v) is 4.57. The summed E-state index contributed by atoms with van der Waals surface area (Å²) in [6, 6.07) is 8.24. The van der Waals surface area contributed by atoms with Gasteiger partial charge in [-0.25, -0.2) is 9.97 Å². The molecule has 1 aliphatic heterocycles. The van der Waals surface area contributed by atoms with E-state index in [1.807, 2.05) is 12.1 Å². The lowest BCUT2D eigenvalue weighted by Gasteiger charge is -2.31. The fourth-order valence-corrected chi connectivity index (χ4v) is 3.15. The number of nitrogens with one attached hydrogen (secondary N) is 1. The van der Waals surface area contributed by atoms with Crippen LogP contribution in [0.15, 0.2) is 24.3 Å². The molecule has 1 atom stereocenters. The normalized spacial score (nSPS) is 19.2. The number of ether oxygens (including phenoxy) is 1. The van der Waals surface area contributed by atoms with E-state index in [1.165, 1.54) is 5.52 Å². The summed E-state index contributed by atoms with van der Waals surface area (Å²) in [4.78, 5) is 11.6. The number of rotatable bonds is 4. The van der Waals surface area contributed by atoms with E-state index in [9.17, 15) is 0 Å². The standard InChI is InChI=1S/C17H22N6O/c1-3-15-19-17(21-20-15)14-10-23(8-9-24-14)11-16-18-12-6-4-5-7-13(12)22(16)2/h4-7,14H,3,8-11H2,1-2H3,(H,19,20,21)/t14-/m0/s1. The molecule has 24 heavy (non-hydrogen) atoms. The van der Waals surface area contributed by atoms with Gasteiger partial charge < -0.3 is 9.30 Å². The molecule has 1 saturated heterocycles. The highest BCUT2D eigenvalue weighted by Gasteiger charge is 2.26. The molecule has 7 nitrogen and oxygen atoms in total. The van der Waals surface area contributed by atoms with Gasteiger partial charge in [0.25, 0.3) is 0 Å². The van der Waals surface area contributed by atoms with Crippen LogP contribution < -0.4 is 0 Å². The maximum absolute atomic E-state index is 5.87. The van der Waals surface area contributed by atoms with Crippen molar-refractivity contribution in [3.8, 4) is 0 Å². The van der Waals surface area contributed by atoms with Crippen molar-refractivity contribution in [2.24, 2.45) is 7.05 Å². The summed E-state index contributed by atoms with van der Waals surface area (Å²) in [7, 11) is 2.07. The monoisotopic (exact) mass is 326 g/mol. The fraction of sp³-hybridized carbons (Fsp3) is 0.471. The first-order valence-corrected chi connectivity index (χ1v) is 8.40. The van der Waals surface area contributed by atoms with Gasteiger partial charge in [-0.1, -0.05) is 19.1 Å². The molecule has 0 aliphatic carbocycles. The van der Waals surface area contributed by atoms with Crippen molar-refractivity contribution >= 4 is 11.0 Å². The minimum Gasteiger partial charge on any atom is -0.367 e. The molecule has 1 fully saturated rings. The van der Waals surface area contributed by atoms with Crippen LogP contribution in [-0.2, 0) is 24.8 Å². The molecule has 3 heterocycles. The molecule has 0 amide bonds. The number of imidazole rings is 1. The molecule has 126 valence electrons. The maximum atomic E-state index is 5.87. The highest BCUT2D eigenvalue weighted by Crippen LogP contribution is 2.22. The van der Waals surface area contributed by atoms with Crippen LogP contribution in [0.1, 0.15) is 30.5 Å². The molecule has 3 aromatic rings. The number of aromatic amines is 1. The van der Waals surface area contributed by atoms with Gasteiger partial charge in [0, 0.05) is 26.6 Å². The second kappa shape index (κ2) is 6.33. The number of hydrogen-bond donors (Lipinski definition) is 1. The number of fused-ring (bicyclic) bond motifs is 1. The van der Waals surface area contributed by atoms with Crippen LogP contribution in [0.2, 0.25) is 0 Å². The summed E-state index contributed by atoms with van der Waals surface area (Å²) >= 11 is 0. The summed E-state index contributed by atoms with van der Waals surface area (Å²) in [5.41, 5.74) is 2.21. The Morgan fingerprint density at radius 2 is 2.17 bits per heavy atom. The average molecular weight is 326 g/mol. The van der Waals surface area contributed by atoms with Crippen molar-refractivity contribution in [1.82, 2.24) is 29.6 Å². The zero-order valence-electron chi connectivity index (χ0n) is 14.1. The molecular formula is C17H22N6O. The smallest absolute Gasteiger partial charge is 0.180 e. The molecule has 0 spiro atoms. The van der Waals surface area contributed by atoms with Gasteiger partial charge in [-0.05, 0) is 12.1 Å². The number of aryl methyl sites for hydroxylation is 2. The fourth-order valence-electron chi connectivity index (χ4n) is 3.15. The van der Waals surface area contributed by atoms with Crippen LogP contribution in [-0.4, -0.2) is 49.3 Å². The van der Waals surface area contributed by atoms with Gasteiger partial charge in [-0.3, -0.25) is 10.00 Å². The predicted octanol–water partition coefficient (Wildman–Crippen LogP) is 1.83. The third-order valence-electron chi connectivity index (χ3n) is 4.57. The minimum atomic E-state index is -0.0787. The van der Waals surface area contributed by atoms with E-state index >= 15 is 0 Å². The summed E-state index contributed by atoms with van der Waals surface area (Å²) in [5.74, 6) is 2.73. The van der Waals surface area contributed by atoms with Gasteiger partial charge >= 0.3 is 0 Å². The predicted molar refractivity (Wildman–Crippen MR) is 90.4 cm³/mol. The number of morpholine rings is 1. The van der Waals surface area contributed by atoms with Crippen molar-refractivity contribution in [3.63, 3.8) is 0 Å². The quantitative estimate of drug-likeness (QED) is 0.792. The Hall–Kier alpha value is -2.25. The number of para-hydroxylation sites is 2. The molecule has 0 saturated carbocycles. The largest absolute Gasteiger partial charge is 0.367 e. The number of nitrogens with zero attached hydrogens (tertiary/aromatic N) is 5. The Morgan fingerprint density at radius 1 is 1.29 bits per heavy atom. The lowest BCUT2D eigenvalue weighted by atomic mass is 10.2. The second-order valence-corrected chi connectivity index (χ2v) is 6.16. The van der Waals surface area contributed by atoms with Crippen molar-refractivity contribution in [2.75, 3.05) is 19.7 Å². The molecule has 2 aromatic heterocycles. The van der Waals surface area contributed by atoms with E-state index in [1.54, 1.807) is 0 Å². The van der Waals surface area contributed by atoms with Gasteiger partial charge in [0.15, 0.2) is 5.82 Å². The molecule has 0 bridgehead atoms. The van der Waals surface area contributed by atoms with Crippen LogP contribution in [0.3, 0.4) is 0 Å². The van der Waals surface area contributed by atoms with Crippen molar-refractivity contribution < 1.29 is 4.74 Å². The van der Waals surface area contributed by atoms with Gasteiger partial charge in [0.1, 0.15) is 17.8 Å². The second-order valence-electron chi connectivity index (χ2n) is 6.16. The minimum absolute atomic E-state index is 0.0787. The summed E-state index contributed by atoms with van der Waals surface area (Å²) in [5, 5.41) is 7.26. The van der Waals surface area contributed by atoms with Gasteiger partial charge in [-0.15, -0.1) is 0 Å². The molecule has 1 aromatic carbocycles. The Balaban J connectivity index is 1.50. The average Bonchev–Trinajstić information content (AvgIpc) is 3.21. The Bertz CT molecular complexity index is 839. The van der Waals surface area contributed by atoms with Crippen LogP contribution >= 0.6 is 0 Å². The van der Waals surface area contributed by atoms with Crippen LogP contribution in [0.5, 0.6) is 0 Å². The van der Waals surface area contributed by atoms with E-state index in [0.717, 1.165) is 49.0 Å². The van der Waals surface area contributed by atoms with E-state index in [-0.39, 0.29) is 6.10 Å². The summed E-state index contributed by atoms with van der Waals surface area (Å²) in [6.45, 7) is 5.22. The molecule has 0 unspecified atom stereocenters. The Kier molecular flexibility index (Phi) is 4.03. The van der Waals surface area contributed by atoms with Gasteiger partial charge in [0.2, 0.25) is 0 Å². The van der Waals surface area contributed by atoms with Gasteiger partial charge in [-0.2, -0.15) is 5.10 Å². The summed E-state index contributed by atoms with van der Waals surface area (Å²) in [6.07, 6.45) is 0.772. The maximum Gasteiger partial charge on any atom is 0.180 e. The van der Waals surface area contributed by atoms with Crippen LogP contribution in [0, 0.1) is 0 Å². The Morgan fingerprint density at radius 3 is 2.96 bits per heavy atom. The topological polar surface area (TPSA) is 71.9 Å². The lowest BCUT2D eigenvalue weighted by Crippen LogP contribution is -2.38. The number of benzene rings is 1. The van der Waals surface area contributed by atoms with E-state index in [2.05, 4.69) is 50.8 Å². The van der Waals surface area contributed by atoms with Crippen molar-refractivity contribution in [1.29, 1.82) is 0 Å².